The lowest BCUT2D eigenvalue weighted by Gasteiger charge is -2.25. The first-order valence-electron chi connectivity index (χ1n) is 9.64. The summed E-state index contributed by atoms with van der Waals surface area (Å²) < 4.78 is 5.18. The van der Waals surface area contributed by atoms with Gasteiger partial charge >= 0.3 is 0 Å². The second kappa shape index (κ2) is 8.31. The second-order valence-electron chi connectivity index (χ2n) is 7.30. The Balaban J connectivity index is 1.53. The smallest absolute Gasteiger partial charge is 0.259 e. The number of nitrogens with one attached hydrogen (secondary N) is 1. The van der Waals surface area contributed by atoms with E-state index in [1.54, 1.807) is 30.2 Å². The van der Waals surface area contributed by atoms with Gasteiger partial charge in [0.2, 0.25) is 5.91 Å². The molecule has 7 nitrogen and oxygen atoms in total. The van der Waals surface area contributed by atoms with Crippen LogP contribution in [0.3, 0.4) is 0 Å². The Morgan fingerprint density at radius 3 is 2.80 bits per heavy atom. The third-order valence-electron chi connectivity index (χ3n) is 4.82. The number of thioether (sulfide) groups is 1. The van der Waals surface area contributed by atoms with Crippen LogP contribution < -0.4 is 10.1 Å². The van der Waals surface area contributed by atoms with Crippen LogP contribution in [0.4, 0.5) is 11.4 Å². The lowest BCUT2D eigenvalue weighted by molar-refractivity contribution is -0.125. The Morgan fingerprint density at radius 1 is 1.23 bits per heavy atom. The van der Waals surface area contributed by atoms with Gasteiger partial charge in [-0.3, -0.25) is 14.6 Å². The maximum Gasteiger partial charge on any atom is 0.259 e. The van der Waals surface area contributed by atoms with Crippen LogP contribution in [0.2, 0.25) is 0 Å². The number of carbonyl (C=O) groups excluding carboxylic acids is 2. The Morgan fingerprint density at radius 2 is 2.03 bits per heavy atom. The number of para-hydroxylation sites is 1. The lowest BCUT2D eigenvalue weighted by Crippen LogP contribution is -2.42. The van der Waals surface area contributed by atoms with E-state index in [1.165, 1.54) is 11.8 Å². The number of rotatable bonds is 5. The van der Waals surface area contributed by atoms with Crippen molar-refractivity contribution in [3.63, 3.8) is 0 Å². The molecule has 1 atom stereocenters. The molecule has 2 aliphatic heterocycles. The molecule has 4 rings (SSSR count). The van der Waals surface area contributed by atoms with E-state index in [1.807, 2.05) is 44.2 Å². The number of fused-ring (bicyclic) bond motifs is 3. The minimum absolute atomic E-state index is 0.0744. The highest BCUT2D eigenvalue weighted by molar-refractivity contribution is 8.14. The number of hydrogen-bond acceptors (Lipinski definition) is 6. The fraction of sp³-hybridized carbons (Fsp3) is 0.273. The molecule has 0 aromatic heterocycles. The third-order valence-corrected chi connectivity index (χ3v) is 5.75. The van der Waals surface area contributed by atoms with E-state index >= 15 is 0 Å². The van der Waals surface area contributed by atoms with Crippen molar-refractivity contribution in [1.82, 2.24) is 4.90 Å². The van der Waals surface area contributed by atoms with Crippen LogP contribution in [-0.2, 0) is 9.59 Å². The van der Waals surface area contributed by atoms with E-state index in [0.29, 0.717) is 22.4 Å². The topological polar surface area (TPSA) is 83.4 Å². The van der Waals surface area contributed by atoms with Gasteiger partial charge in [-0.1, -0.05) is 43.8 Å². The van der Waals surface area contributed by atoms with Crippen LogP contribution in [0.15, 0.2) is 58.5 Å². The Hall–Kier alpha value is -3.13. The number of hydrogen-bond donors (Lipinski definition) is 1. The number of aliphatic imine (C=N–C) groups is 2. The lowest BCUT2D eigenvalue weighted by atomic mass is 10.1. The van der Waals surface area contributed by atoms with Gasteiger partial charge in [0, 0.05) is 17.3 Å². The number of benzene rings is 2. The molecule has 2 amide bonds. The van der Waals surface area contributed by atoms with E-state index in [2.05, 4.69) is 15.3 Å². The maximum atomic E-state index is 13.0. The quantitative estimate of drug-likeness (QED) is 0.797. The number of amidine groups is 2. The molecule has 2 heterocycles. The summed E-state index contributed by atoms with van der Waals surface area (Å²) in [6.45, 7) is 3.95. The summed E-state index contributed by atoms with van der Waals surface area (Å²) in [5.74, 6) is 1.17. The minimum Gasteiger partial charge on any atom is -0.497 e. The molecule has 154 valence electrons. The first kappa shape index (κ1) is 20.2. The first-order chi connectivity index (χ1) is 14.5. The van der Waals surface area contributed by atoms with E-state index in [-0.39, 0.29) is 23.5 Å². The molecule has 2 aromatic rings. The zero-order valence-electron chi connectivity index (χ0n) is 17.0. The minimum atomic E-state index is -0.442. The number of amides is 2. The molecule has 1 N–H and O–H groups in total. The van der Waals surface area contributed by atoms with Gasteiger partial charge in [-0.2, -0.15) is 0 Å². The van der Waals surface area contributed by atoms with E-state index in [4.69, 9.17) is 4.74 Å². The fourth-order valence-electron chi connectivity index (χ4n) is 3.33. The van der Waals surface area contributed by atoms with Gasteiger partial charge < -0.3 is 10.1 Å². The van der Waals surface area contributed by atoms with Crippen LogP contribution >= 0.6 is 11.8 Å². The van der Waals surface area contributed by atoms with Crippen LogP contribution in [0.5, 0.6) is 5.75 Å². The predicted molar refractivity (Wildman–Crippen MR) is 120 cm³/mol. The molecule has 0 aliphatic carbocycles. The molecular formula is C22H22N4O3S. The average molecular weight is 423 g/mol. The van der Waals surface area contributed by atoms with E-state index < -0.39 is 6.04 Å². The SMILES string of the molecule is COc1cccc(NC(=O)CSC2=Nc3ccccc3C3=N[C@@H](C(C)C)C(=O)N23)c1. The Bertz CT molecular complexity index is 1060. The molecule has 0 saturated carbocycles. The Labute approximate surface area is 179 Å². The highest BCUT2D eigenvalue weighted by Gasteiger charge is 2.42. The van der Waals surface area contributed by atoms with E-state index in [0.717, 1.165) is 11.3 Å². The van der Waals surface area contributed by atoms with Crippen molar-refractivity contribution in [1.29, 1.82) is 0 Å². The maximum absolute atomic E-state index is 13.0. The van der Waals surface area contributed by atoms with E-state index in [9.17, 15) is 9.59 Å². The van der Waals surface area contributed by atoms with Gasteiger partial charge in [0.15, 0.2) is 5.17 Å². The predicted octanol–water partition coefficient (Wildman–Crippen LogP) is 3.68. The number of anilines is 1. The van der Waals surface area contributed by atoms with Crippen LogP contribution in [0.25, 0.3) is 0 Å². The molecule has 0 unspecified atom stereocenters. The molecule has 2 aromatic carbocycles. The molecular weight excluding hydrogens is 400 g/mol. The van der Waals surface area contributed by atoms with Crippen molar-refractivity contribution in [2.24, 2.45) is 15.9 Å². The summed E-state index contributed by atoms with van der Waals surface area (Å²) in [7, 11) is 1.58. The molecule has 2 aliphatic rings. The van der Waals surface area contributed by atoms with Gasteiger partial charge in [-0.25, -0.2) is 9.89 Å². The highest BCUT2D eigenvalue weighted by atomic mass is 32.2. The molecule has 0 radical (unpaired) electrons. The monoisotopic (exact) mass is 422 g/mol. The largest absolute Gasteiger partial charge is 0.497 e. The zero-order valence-corrected chi connectivity index (χ0v) is 17.8. The molecule has 8 heteroatoms. The number of carbonyl (C=O) groups is 2. The van der Waals surface area contributed by atoms with Gasteiger partial charge in [-0.05, 0) is 30.2 Å². The highest BCUT2D eigenvalue weighted by Crippen LogP contribution is 2.34. The molecule has 30 heavy (non-hydrogen) atoms. The Kier molecular flexibility index (Phi) is 5.59. The molecule has 0 spiro atoms. The molecule has 0 saturated heterocycles. The molecule has 0 fully saturated rings. The average Bonchev–Trinajstić information content (AvgIpc) is 3.10. The summed E-state index contributed by atoms with van der Waals surface area (Å²) in [5.41, 5.74) is 2.23. The normalized spacial score (nSPS) is 17.3. The summed E-state index contributed by atoms with van der Waals surface area (Å²) in [4.78, 5) is 36.4. The van der Waals surface area contributed by atoms with Crippen molar-refractivity contribution in [3.8, 4) is 5.75 Å². The fourth-order valence-corrected chi connectivity index (χ4v) is 4.13. The first-order valence-corrected chi connectivity index (χ1v) is 10.6. The number of ether oxygens (including phenoxy) is 1. The summed E-state index contributed by atoms with van der Waals surface area (Å²) in [6, 6.07) is 14.3. The zero-order chi connectivity index (χ0) is 21.3. The van der Waals surface area contributed by atoms with Crippen LogP contribution in [0, 0.1) is 5.92 Å². The number of methoxy groups -OCH3 is 1. The van der Waals surface area contributed by atoms with Gasteiger partial charge in [0.1, 0.15) is 17.6 Å². The van der Waals surface area contributed by atoms with Gasteiger partial charge in [0.25, 0.3) is 5.91 Å². The van der Waals surface area contributed by atoms with Crippen molar-refractivity contribution >= 4 is 46.0 Å². The van der Waals surface area contributed by atoms with Crippen LogP contribution in [0.1, 0.15) is 19.4 Å². The summed E-state index contributed by atoms with van der Waals surface area (Å²) in [6.07, 6.45) is 0. The second-order valence-corrected chi connectivity index (χ2v) is 8.24. The van der Waals surface area contributed by atoms with Gasteiger partial charge in [-0.15, -0.1) is 0 Å². The van der Waals surface area contributed by atoms with Crippen molar-refractivity contribution < 1.29 is 14.3 Å². The van der Waals surface area contributed by atoms with Crippen LogP contribution in [-0.4, -0.2) is 46.6 Å². The molecule has 0 bridgehead atoms. The van der Waals surface area contributed by atoms with Crippen molar-refractivity contribution in [2.75, 3.05) is 18.2 Å². The third kappa shape index (κ3) is 3.82. The number of nitrogens with zero attached hydrogens (tertiary/aromatic N) is 3. The summed E-state index contributed by atoms with van der Waals surface area (Å²) >= 11 is 1.22. The summed E-state index contributed by atoms with van der Waals surface area (Å²) in [5, 5.41) is 3.32. The van der Waals surface area contributed by atoms with Gasteiger partial charge in [0.05, 0.1) is 18.6 Å². The van der Waals surface area contributed by atoms with Crippen molar-refractivity contribution in [3.05, 3.63) is 54.1 Å². The standard InChI is InChI=1S/C22H22N4O3S/c1-13(2)19-21(28)26-20(25-19)16-9-4-5-10-17(16)24-22(26)30-12-18(27)23-14-7-6-8-15(11-14)29-3/h4-11,13,19H,12H2,1-3H3,(H,23,27)/t19-/m0/s1. The van der Waals surface area contributed by atoms with Crippen molar-refractivity contribution in [2.45, 2.75) is 19.9 Å².